The van der Waals surface area contributed by atoms with Crippen molar-refractivity contribution in [1.29, 1.82) is 0 Å². The molecule has 1 aromatic rings. The Bertz CT molecular complexity index is 533. The van der Waals surface area contributed by atoms with Crippen LogP contribution in [0.1, 0.15) is 43.9 Å². The molecule has 0 fully saturated rings. The Morgan fingerprint density at radius 2 is 1.83 bits per heavy atom. The van der Waals surface area contributed by atoms with Gasteiger partial charge in [0.25, 0.3) is 0 Å². The van der Waals surface area contributed by atoms with Gasteiger partial charge in [0.1, 0.15) is 0 Å². The summed E-state index contributed by atoms with van der Waals surface area (Å²) in [7, 11) is 1.93. The largest absolute Gasteiger partial charge is 0.235 e. The molecule has 102 valence electrons. The van der Waals surface area contributed by atoms with Crippen molar-refractivity contribution >= 4 is 19.7 Å². The van der Waals surface area contributed by atoms with Crippen LogP contribution >= 0.6 is 10.7 Å². The Morgan fingerprint density at radius 1 is 1.28 bits per heavy atom. The van der Waals surface area contributed by atoms with Crippen LogP contribution in [0.5, 0.6) is 0 Å². The van der Waals surface area contributed by atoms with Crippen LogP contribution in [0.2, 0.25) is 0 Å². The molecule has 1 rings (SSSR count). The molecule has 0 saturated carbocycles. The first-order valence-corrected chi connectivity index (χ1v) is 8.42. The predicted octanol–water partition coefficient (Wildman–Crippen LogP) is 3.93. The summed E-state index contributed by atoms with van der Waals surface area (Å²) < 4.78 is 22.7. The van der Waals surface area contributed by atoms with Crippen molar-refractivity contribution < 1.29 is 8.42 Å². The van der Waals surface area contributed by atoms with Crippen molar-refractivity contribution in [1.82, 2.24) is 0 Å². The van der Waals surface area contributed by atoms with Crippen LogP contribution in [0, 0.1) is 13.8 Å². The second-order valence-corrected chi connectivity index (χ2v) is 8.74. The van der Waals surface area contributed by atoms with Gasteiger partial charge in [0.05, 0.1) is 5.25 Å². The van der Waals surface area contributed by atoms with Crippen molar-refractivity contribution in [3.8, 4) is 0 Å². The third kappa shape index (κ3) is 3.72. The van der Waals surface area contributed by atoms with Gasteiger partial charge >= 0.3 is 0 Å². The van der Waals surface area contributed by atoms with Gasteiger partial charge in [0.2, 0.25) is 9.05 Å². The Kier molecular flexibility index (Phi) is 4.50. The van der Waals surface area contributed by atoms with E-state index in [1.54, 1.807) is 6.92 Å². The van der Waals surface area contributed by atoms with E-state index in [0.29, 0.717) is 6.42 Å². The molecule has 1 aromatic carbocycles. The van der Waals surface area contributed by atoms with Gasteiger partial charge in [-0.15, -0.1) is 0 Å². The second kappa shape index (κ2) is 5.22. The molecule has 0 bridgehead atoms. The lowest BCUT2D eigenvalue weighted by Gasteiger charge is -2.29. The quantitative estimate of drug-likeness (QED) is 0.787. The highest BCUT2D eigenvalue weighted by Gasteiger charge is 2.30. The SMILES string of the molecule is Cc1ccc(C)c(C(C)(C)CC(C)S(=O)(=O)Cl)c1. The smallest absolute Gasteiger partial charge is 0.212 e. The summed E-state index contributed by atoms with van der Waals surface area (Å²) in [5.41, 5.74) is 3.35. The number of rotatable bonds is 4. The van der Waals surface area contributed by atoms with E-state index in [1.165, 1.54) is 16.7 Å². The lowest BCUT2D eigenvalue weighted by Crippen LogP contribution is -2.27. The molecular weight excluding hydrogens is 268 g/mol. The third-order valence-corrected chi connectivity index (χ3v) is 5.44. The standard InChI is InChI=1S/C14H21ClO2S/c1-10-6-7-11(2)13(8-10)14(4,5)9-12(3)18(15,16)17/h6-8,12H,9H2,1-5H3. The van der Waals surface area contributed by atoms with E-state index in [1.807, 2.05) is 6.92 Å². The van der Waals surface area contributed by atoms with E-state index in [-0.39, 0.29) is 5.41 Å². The molecule has 18 heavy (non-hydrogen) atoms. The predicted molar refractivity (Wildman–Crippen MR) is 77.8 cm³/mol. The lowest BCUT2D eigenvalue weighted by molar-refractivity contribution is 0.465. The summed E-state index contributed by atoms with van der Waals surface area (Å²) >= 11 is 0. The second-order valence-electron chi connectivity index (χ2n) is 5.69. The maximum absolute atomic E-state index is 11.4. The Morgan fingerprint density at radius 3 is 2.33 bits per heavy atom. The fraction of sp³-hybridized carbons (Fsp3) is 0.571. The van der Waals surface area contributed by atoms with Crippen molar-refractivity contribution in [3.63, 3.8) is 0 Å². The maximum atomic E-state index is 11.4. The van der Waals surface area contributed by atoms with E-state index >= 15 is 0 Å². The molecule has 0 radical (unpaired) electrons. The molecule has 1 unspecified atom stereocenters. The number of halogens is 1. The van der Waals surface area contributed by atoms with Crippen LogP contribution in [0.3, 0.4) is 0 Å². The van der Waals surface area contributed by atoms with Crippen LogP contribution in [-0.2, 0) is 14.5 Å². The molecular formula is C14H21ClO2S. The van der Waals surface area contributed by atoms with Gasteiger partial charge in [-0.25, -0.2) is 8.42 Å². The van der Waals surface area contributed by atoms with Gasteiger partial charge < -0.3 is 0 Å². The summed E-state index contributed by atoms with van der Waals surface area (Å²) in [6.07, 6.45) is 0.517. The van der Waals surface area contributed by atoms with Crippen LogP contribution in [-0.4, -0.2) is 13.7 Å². The number of aryl methyl sites for hydroxylation is 2. The summed E-state index contributed by atoms with van der Waals surface area (Å²) in [5, 5.41) is -0.547. The van der Waals surface area contributed by atoms with E-state index in [4.69, 9.17) is 10.7 Å². The minimum absolute atomic E-state index is 0.211. The van der Waals surface area contributed by atoms with E-state index < -0.39 is 14.3 Å². The molecule has 0 aliphatic carbocycles. The molecule has 0 N–H and O–H groups in total. The highest BCUT2D eigenvalue weighted by Crippen LogP contribution is 2.33. The first-order chi connectivity index (χ1) is 8.04. The third-order valence-electron chi connectivity index (χ3n) is 3.40. The number of benzene rings is 1. The summed E-state index contributed by atoms with van der Waals surface area (Å²) in [5.74, 6) is 0. The lowest BCUT2D eigenvalue weighted by atomic mass is 9.78. The van der Waals surface area contributed by atoms with Crippen LogP contribution in [0.4, 0.5) is 0 Å². The van der Waals surface area contributed by atoms with Gasteiger partial charge in [-0.1, -0.05) is 37.6 Å². The molecule has 1 atom stereocenters. The Hall–Kier alpha value is -0.540. The first-order valence-electron chi connectivity index (χ1n) is 6.05. The van der Waals surface area contributed by atoms with Gasteiger partial charge in [0.15, 0.2) is 0 Å². The minimum Gasteiger partial charge on any atom is -0.212 e. The normalized spacial score (nSPS) is 14.6. The van der Waals surface area contributed by atoms with Gasteiger partial charge in [-0.3, -0.25) is 0 Å². The number of hydrogen-bond acceptors (Lipinski definition) is 2. The molecule has 0 heterocycles. The summed E-state index contributed by atoms with van der Waals surface area (Å²) in [6.45, 7) is 9.88. The van der Waals surface area contributed by atoms with E-state index in [0.717, 1.165) is 0 Å². The van der Waals surface area contributed by atoms with Crippen molar-refractivity contribution in [2.45, 2.75) is 51.7 Å². The van der Waals surface area contributed by atoms with Crippen LogP contribution < -0.4 is 0 Å². The van der Waals surface area contributed by atoms with Crippen molar-refractivity contribution in [2.75, 3.05) is 0 Å². The zero-order valence-corrected chi connectivity index (χ0v) is 13.2. The zero-order chi connectivity index (χ0) is 14.1. The molecule has 0 aliphatic heterocycles. The first kappa shape index (κ1) is 15.5. The highest BCUT2D eigenvalue weighted by atomic mass is 35.7. The van der Waals surface area contributed by atoms with E-state index in [2.05, 4.69) is 39.0 Å². The van der Waals surface area contributed by atoms with Crippen LogP contribution in [0.25, 0.3) is 0 Å². The maximum Gasteiger partial charge on any atom is 0.235 e. The van der Waals surface area contributed by atoms with Gasteiger partial charge in [-0.05, 0) is 43.7 Å². The topological polar surface area (TPSA) is 34.1 Å². The molecule has 0 amide bonds. The highest BCUT2D eigenvalue weighted by molar-refractivity contribution is 8.14. The monoisotopic (exact) mass is 288 g/mol. The summed E-state index contributed by atoms with van der Waals surface area (Å²) in [6, 6.07) is 6.27. The molecule has 0 spiro atoms. The van der Waals surface area contributed by atoms with Gasteiger partial charge in [0, 0.05) is 10.7 Å². The Balaban J connectivity index is 3.10. The van der Waals surface area contributed by atoms with Gasteiger partial charge in [-0.2, -0.15) is 0 Å². The minimum atomic E-state index is -3.49. The Labute approximate surface area is 115 Å². The molecule has 0 aromatic heterocycles. The van der Waals surface area contributed by atoms with Crippen molar-refractivity contribution in [3.05, 3.63) is 34.9 Å². The van der Waals surface area contributed by atoms with E-state index in [9.17, 15) is 8.42 Å². The fourth-order valence-electron chi connectivity index (χ4n) is 2.39. The van der Waals surface area contributed by atoms with Crippen molar-refractivity contribution in [2.24, 2.45) is 0 Å². The average Bonchev–Trinajstić information content (AvgIpc) is 2.19. The molecule has 2 nitrogen and oxygen atoms in total. The summed E-state index contributed by atoms with van der Waals surface area (Å²) in [4.78, 5) is 0. The average molecular weight is 289 g/mol. The molecule has 4 heteroatoms. The zero-order valence-electron chi connectivity index (χ0n) is 11.6. The fourth-order valence-corrected chi connectivity index (χ4v) is 3.20. The van der Waals surface area contributed by atoms with Crippen LogP contribution in [0.15, 0.2) is 18.2 Å². The number of hydrogen-bond donors (Lipinski definition) is 0. The molecule has 0 aliphatic rings. The molecule has 0 saturated heterocycles.